The molecule has 1 aliphatic rings. The van der Waals surface area contributed by atoms with E-state index in [1.807, 2.05) is 78.9 Å². The lowest BCUT2D eigenvalue weighted by molar-refractivity contribution is 0.0811. The van der Waals surface area contributed by atoms with Crippen molar-refractivity contribution in [3.05, 3.63) is 90.0 Å². The lowest BCUT2D eigenvalue weighted by Gasteiger charge is -2.14. The molecule has 1 fully saturated rings. The van der Waals surface area contributed by atoms with Gasteiger partial charge in [-0.2, -0.15) is 0 Å². The third-order valence-electron chi connectivity index (χ3n) is 5.67. The summed E-state index contributed by atoms with van der Waals surface area (Å²) in [6.45, 7) is 2.98. The van der Waals surface area contributed by atoms with Crippen molar-refractivity contribution in [1.82, 2.24) is 0 Å². The quantitative estimate of drug-likeness (QED) is 0.352. The van der Waals surface area contributed by atoms with Crippen LogP contribution in [-0.4, -0.2) is 18.1 Å². The molecule has 0 aliphatic heterocycles. The molecular formula is C25H24Cl2O3. The lowest BCUT2D eigenvalue weighted by Crippen LogP contribution is -2.13. The Labute approximate surface area is 187 Å². The Bertz CT molecular complexity index is 989. The van der Waals surface area contributed by atoms with Gasteiger partial charge in [-0.1, -0.05) is 49.4 Å². The minimum Gasteiger partial charge on any atom is -0.497 e. The minimum atomic E-state index is -0.861. The van der Waals surface area contributed by atoms with E-state index < -0.39 is 4.33 Å². The summed E-state index contributed by atoms with van der Waals surface area (Å²) in [5.41, 5.74) is 1.76. The van der Waals surface area contributed by atoms with Crippen molar-refractivity contribution >= 4 is 23.2 Å². The van der Waals surface area contributed by atoms with E-state index >= 15 is 0 Å². The van der Waals surface area contributed by atoms with Crippen molar-refractivity contribution in [3.63, 3.8) is 0 Å². The van der Waals surface area contributed by atoms with Crippen LogP contribution in [0.2, 0.25) is 0 Å². The number of halogens is 2. The van der Waals surface area contributed by atoms with Crippen molar-refractivity contribution in [3.8, 4) is 17.2 Å². The third kappa shape index (κ3) is 4.15. The summed E-state index contributed by atoms with van der Waals surface area (Å²) >= 11 is 13.3. The molecule has 2 atom stereocenters. The Balaban J connectivity index is 1.37. The van der Waals surface area contributed by atoms with Gasteiger partial charge in [-0.05, 0) is 47.5 Å². The first-order valence-electron chi connectivity index (χ1n) is 9.85. The van der Waals surface area contributed by atoms with E-state index in [-0.39, 0.29) is 11.3 Å². The van der Waals surface area contributed by atoms with Crippen LogP contribution in [0.5, 0.6) is 17.2 Å². The number of hydrogen-bond donors (Lipinski definition) is 0. The maximum Gasteiger partial charge on any atom is 0.134 e. The van der Waals surface area contributed by atoms with Gasteiger partial charge >= 0.3 is 0 Å². The molecule has 3 nitrogen and oxygen atoms in total. The Hall–Kier alpha value is -2.20. The molecule has 0 amide bonds. The van der Waals surface area contributed by atoms with E-state index in [1.54, 1.807) is 7.11 Å². The molecule has 0 spiro atoms. The first-order chi connectivity index (χ1) is 14.4. The Kier molecular flexibility index (Phi) is 5.97. The lowest BCUT2D eigenvalue weighted by atomic mass is 10.0. The molecule has 4 rings (SSSR count). The average molecular weight is 443 g/mol. The van der Waals surface area contributed by atoms with Gasteiger partial charge in [0.25, 0.3) is 0 Å². The van der Waals surface area contributed by atoms with E-state index in [4.69, 9.17) is 37.4 Å². The molecule has 0 unspecified atom stereocenters. The molecule has 0 saturated heterocycles. The van der Waals surface area contributed by atoms with Gasteiger partial charge in [0, 0.05) is 11.3 Å². The normalized spacial score (nSPS) is 21.8. The zero-order valence-corrected chi connectivity index (χ0v) is 18.5. The number of para-hydroxylation sites is 1. The predicted molar refractivity (Wildman–Crippen MR) is 121 cm³/mol. The van der Waals surface area contributed by atoms with E-state index in [1.165, 1.54) is 0 Å². The smallest absolute Gasteiger partial charge is 0.134 e. The van der Waals surface area contributed by atoms with Crippen LogP contribution < -0.4 is 9.47 Å². The van der Waals surface area contributed by atoms with Gasteiger partial charge in [0.1, 0.15) is 21.6 Å². The van der Waals surface area contributed by atoms with Crippen LogP contribution in [0.15, 0.2) is 78.9 Å². The van der Waals surface area contributed by atoms with Gasteiger partial charge in [0.05, 0.1) is 20.3 Å². The van der Waals surface area contributed by atoms with Crippen LogP contribution in [0.1, 0.15) is 24.0 Å². The predicted octanol–water partition coefficient (Wildman–Crippen LogP) is 6.98. The third-order valence-corrected chi connectivity index (χ3v) is 6.97. The van der Waals surface area contributed by atoms with Gasteiger partial charge in [-0.25, -0.2) is 0 Å². The van der Waals surface area contributed by atoms with Crippen molar-refractivity contribution in [2.24, 2.45) is 5.41 Å². The second-order valence-electron chi connectivity index (χ2n) is 7.80. The molecule has 0 radical (unpaired) electrons. The van der Waals surface area contributed by atoms with Crippen LogP contribution in [0.4, 0.5) is 0 Å². The maximum absolute atomic E-state index is 6.65. The summed E-state index contributed by atoms with van der Waals surface area (Å²) in [4.78, 5) is 0. The number of alkyl halides is 2. The Morgan fingerprint density at radius 3 is 2.23 bits per heavy atom. The summed E-state index contributed by atoms with van der Waals surface area (Å²) in [5, 5.41) is 0. The van der Waals surface area contributed by atoms with Gasteiger partial charge in [0.15, 0.2) is 0 Å². The van der Waals surface area contributed by atoms with Crippen molar-refractivity contribution in [1.29, 1.82) is 0 Å². The van der Waals surface area contributed by atoms with Crippen molar-refractivity contribution < 1.29 is 14.2 Å². The summed E-state index contributed by atoms with van der Waals surface area (Å²) in [5.74, 6) is 2.40. The number of benzene rings is 3. The molecule has 0 N–H and O–H groups in total. The zero-order chi connectivity index (χ0) is 21.2. The fraction of sp³-hybridized carbons (Fsp3) is 0.280. The second-order valence-corrected chi connectivity index (χ2v) is 9.19. The monoisotopic (exact) mass is 442 g/mol. The van der Waals surface area contributed by atoms with Gasteiger partial charge < -0.3 is 14.2 Å². The summed E-state index contributed by atoms with van der Waals surface area (Å²) in [6.07, 6.45) is 0. The highest BCUT2D eigenvalue weighted by Gasteiger charge is 2.73. The van der Waals surface area contributed by atoms with Crippen LogP contribution in [-0.2, 0) is 11.3 Å². The molecule has 156 valence electrons. The summed E-state index contributed by atoms with van der Waals surface area (Å²) in [7, 11) is 1.65. The van der Waals surface area contributed by atoms with Crippen LogP contribution in [0.3, 0.4) is 0 Å². The van der Waals surface area contributed by atoms with Crippen LogP contribution in [0.25, 0.3) is 0 Å². The highest BCUT2D eigenvalue weighted by atomic mass is 35.5. The van der Waals surface area contributed by atoms with Crippen molar-refractivity contribution in [2.75, 3.05) is 13.7 Å². The number of rotatable bonds is 8. The van der Waals surface area contributed by atoms with Crippen molar-refractivity contribution in [2.45, 2.75) is 23.8 Å². The van der Waals surface area contributed by atoms with Gasteiger partial charge in [0.2, 0.25) is 0 Å². The van der Waals surface area contributed by atoms with E-state index in [0.717, 1.165) is 28.4 Å². The highest BCUT2D eigenvalue weighted by Crippen LogP contribution is 2.74. The fourth-order valence-electron chi connectivity index (χ4n) is 3.84. The van der Waals surface area contributed by atoms with Gasteiger partial charge in [-0.15, -0.1) is 23.2 Å². The topological polar surface area (TPSA) is 27.7 Å². The number of hydrogen-bond acceptors (Lipinski definition) is 3. The molecule has 1 saturated carbocycles. The first-order valence-corrected chi connectivity index (χ1v) is 10.6. The largest absolute Gasteiger partial charge is 0.497 e. The minimum absolute atomic E-state index is 0.00647. The number of methoxy groups -OCH3 is 1. The highest BCUT2D eigenvalue weighted by molar-refractivity contribution is 6.52. The Morgan fingerprint density at radius 2 is 1.53 bits per heavy atom. The second kappa shape index (κ2) is 8.50. The van der Waals surface area contributed by atoms with E-state index in [0.29, 0.717) is 13.2 Å². The Morgan fingerprint density at radius 1 is 0.833 bits per heavy atom. The molecule has 5 heteroatoms. The van der Waals surface area contributed by atoms with Crippen LogP contribution in [0, 0.1) is 5.41 Å². The molecule has 0 aromatic heterocycles. The SMILES string of the molecule is COc1ccc([C@H]2C(Cl)(Cl)[C@]2(C)COCc2cccc(Oc3ccccc3)c2)cc1. The summed E-state index contributed by atoms with van der Waals surface area (Å²) < 4.78 is 16.3. The maximum atomic E-state index is 6.65. The van der Waals surface area contributed by atoms with Gasteiger partial charge in [-0.3, -0.25) is 0 Å². The fourth-order valence-corrected chi connectivity index (χ4v) is 4.79. The van der Waals surface area contributed by atoms with E-state index in [2.05, 4.69) is 6.92 Å². The van der Waals surface area contributed by atoms with Crippen LogP contribution >= 0.6 is 23.2 Å². The molecule has 3 aromatic rings. The molecule has 30 heavy (non-hydrogen) atoms. The molecule has 0 bridgehead atoms. The zero-order valence-electron chi connectivity index (χ0n) is 17.0. The average Bonchev–Trinajstić information content (AvgIpc) is 3.20. The molecule has 0 heterocycles. The van der Waals surface area contributed by atoms with E-state index in [9.17, 15) is 0 Å². The summed E-state index contributed by atoms with van der Waals surface area (Å²) in [6, 6.07) is 25.5. The molecular weight excluding hydrogens is 419 g/mol. The standard InChI is InChI=1S/C25H24Cl2O3/c1-24(23(25(24,26)27)19-11-13-20(28-2)14-12-19)17-29-16-18-7-6-10-22(15-18)30-21-8-4-3-5-9-21/h3-15,23H,16-17H2,1-2H3/t23-,24-/m1/s1. The first kappa shape index (κ1) is 21.0. The molecule has 1 aliphatic carbocycles. The number of ether oxygens (including phenoxy) is 3. The molecule has 3 aromatic carbocycles.